The molecule has 2 N–H and O–H groups in total. The first-order valence-electron chi connectivity index (χ1n) is 9.75. The molecule has 28 heavy (non-hydrogen) atoms. The molecule has 0 bridgehead atoms. The number of nitrogens with zero attached hydrogens (tertiary/aromatic N) is 3. The normalized spacial score (nSPS) is 16.9. The van der Waals surface area contributed by atoms with Gasteiger partial charge in [-0.3, -0.25) is 0 Å². The molecule has 1 atom stereocenters. The molecule has 150 valence electrons. The van der Waals surface area contributed by atoms with Crippen molar-refractivity contribution in [1.82, 2.24) is 15.6 Å². The minimum atomic E-state index is -0.281. The van der Waals surface area contributed by atoms with Crippen LogP contribution in [0, 0.1) is 12.7 Å². The summed E-state index contributed by atoms with van der Waals surface area (Å²) in [5.41, 5.74) is 1.17. The lowest BCUT2D eigenvalue weighted by Gasteiger charge is -2.20. The van der Waals surface area contributed by atoms with Crippen LogP contribution >= 0.6 is 0 Å². The van der Waals surface area contributed by atoms with Crippen LogP contribution in [0.2, 0.25) is 0 Å². The highest BCUT2D eigenvalue weighted by atomic mass is 19.1. The maximum atomic E-state index is 13.9. The molecular formula is C21H28FN5O. The molecule has 1 aliphatic heterocycles. The number of benzene rings is 1. The summed E-state index contributed by atoms with van der Waals surface area (Å²) in [4.78, 5) is 10.7. The van der Waals surface area contributed by atoms with Crippen molar-refractivity contribution in [2.24, 2.45) is 4.99 Å². The lowest BCUT2D eigenvalue weighted by atomic mass is 10.2. The average molecular weight is 385 g/mol. The van der Waals surface area contributed by atoms with Gasteiger partial charge in [0.15, 0.2) is 17.6 Å². The van der Waals surface area contributed by atoms with Crippen molar-refractivity contribution in [3.05, 3.63) is 54.0 Å². The Labute approximate surface area is 165 Å². The largest absolute Gasteiger partial charge is 0.492 e. The summed E-state index contributed by atoms with van der Waals surface area (Å²) in [5.74, 6) is 1.75. The number of aryl methyl sites for hydroxylation is 1. The van der Waals surface area contributed by atoms with E-state index in [0.29, 0.717) is 25.5 Å². The maximum Gasteiger partial charge on any atom is 0.191 e. The van der Waals surface area contributed by atoms with Crippen LogP contribution < -0.4 is 20.3 Å². The number of pyridine rings is 1. The highest BCUT2D eigenvalue weighted by Crippen LogP contribution is 2.20. The third kappa shape index (κ3) is 5.58. The smallest absolute Gasteiger partial charge is 0.191 e. The number of hydrogen-bond acceptors (Lipinski definition) is 4. The molecule has 7 heteroatoms. The van der Waals surface area contributed by atoms with Crippen LogP contribution in [-0.2, 0) is 0 Å². The summed E-state index contributed by atoms with van der Waals surface area (Å²) >= 11 is 0. The maximum absolute atomic E-state index is 13.9. The minimum Gasteiger partial charge on any atom is -0.492 e. The van der Waals surface area contributed by atoms with Gasteiger partial charge in [0.1, 0.15) is 12.4 Å². The van der Waals surface area contributed by atoms with E-state index in [4.69, 9.17) is 4.74 Å². The first kappa shape index (κ1) is 19.9. The zero-order chi connectivity index (χ0) is 19.8. The van der Waals surface area contributed by atoms with Gasteiger partial charge in [0.05, 0.1) is 6.54 Å². The number of guanidine groups is 1. The first-order valence-corrected chi connectivity index (χ1v) is 9.75. The van der Waals surface area contributed by atoms with E-state index in [1.165, 1.54) is 11.6 Å². The Bertz CT molecular complexity index is 798. The Morgan fingerprint density at radius 1 is 1.36 bits per heavy atom. The quantitative estimate of drug-likeness (QED) is 0.436. The molecule has 1 unspecified atom stereocenters. The summed E-state index contributed by atoms with van der Waals surface area (Å²) in [6.45, 7) is 7.37. The Balaban J connectivity index is 1.50. The van der Waals surface area contributed by atoms with E-state index in [1.54, 1.807) is 12.3 Å². The highest BCUT2D eigenvalue weighted by Gasteiger charge is 2.25. The van der Waals surface area contributed by atoms with Gasteiger partial charge in [0.2, 0.25) is 0 Å². The van der Waals surface area contributed by atoms with Crippen LogP contribution in [0.15, 0.2) is 47.6 Å². The van der Waals surface area contributed by atoms with Gasteiger partial charge in [0.25, 0.3) is 0 Å². The highest BCUT2D eigenvalue weighted by molar-refractivity contribution is 5.80. The Morgan fingerprint density at radius 3 is 3.04 bits per heavy atom. The molecule has 1 fully saturated rings. The van der Waals surface area contributed by atoms with Crippen molar-refractivity contribution >= 4 is 11.8 Å². The van der Waals surface area contributed by atoms with Crippen molar-refractivity contribution in [2.75, 3.05) is 37.7 Å². The van der Waals surface area contributed by atoms with Crippen molar-refractivity contribution in [3.63, 3.8) is 0 Å². The third-order valence-corrected chi connectivity index (χ3v) is 4.53. The summed E-state index contributed by atoms with van der Waals surface area (Å²) in [6.07, 6.45) is 2.53. The SMILES string of the molecule is CCNC(=NCCOc1cccc(C)c1)NC1CCN(c2ncccc2F)C1. The van der Waals surface area contributed by atoms with Crippen molar-refractivity contribution in [3.8, 4) is 5.75 Å². The van der Waals surface area contributed by atoms with Crippen molar-refractivity contribution in [1.29, 1.82) is 0 Å². The molecule has 1 aliphatic rings. The molecular weight excluding hydrogens is 357 g/mol. The summed E-state index contributed by atoms with van der Waals surface area (Å²) < 4.78 is 19.7. The fourth-order valence-electron chi connectivity index (χ4n) is 3.22. The number of hydrogen-bond donors (Lipinski definition) is 2. The van der Waals surface area contributed by atoms with Gasteiger partial charge in [-0.25, -0.2) is 14.4 Å². The van der Waals surface area contributed by atoms with Crippen LogP contribution in [0.5, 0.6) is 5.75 Å². The number of anilines is 1. The lowest BCUT2D eigenvalue weighted by Crippen LogP contribution is -2.45. The summed E-state index contributed by atoms with van der Waals surface area (Å²) in [6, 6.07) is 11.2. The molecule has 0 radical (unpaired) electrons. The Morgan fingerprint density at radius 2 is 2.25 bits per heavy atom. The molecule has 0 amide bonds. The molecule has 2 heterocycles. The fourth-order valence-corrected chi connectivity index (χ4v) is 3.22. The van der Waals surface area contributed by atoms with Crippen LogP contribution in [0.4, 0.5) is 10.2 Å². The Hall–Kier alpha value is -2.83. The van der Waals surface area contributed by atoms with Gasteiger partial charge in [0, 0.05) is 31.9 Å². The van der Waals surface area contributed by atoms with Gasteiger partial charge in [-0.1, -0.05) is 12.1 Å². The zero-order valence-corrected chi connectivity index (χ0v) is 16.5. The number of aliphatic imine (C=N–C) groups is 1. The molecule has 1 aromatic carbocycles. The van der Waals surface area contributed by atoms with Gasteiger partial charge in [-0.15, -0.1) is 0 Å². The predicted molar refractivity (Wildman–Crippen MR) is 111 cm³/mol. The predicted octanol–water partition coefficient (Wildman–Crippen LogP) is 2.74. The topological polar surface area (TPSA) is 61.8 Å². The molecule has 2 aromatic rings. The summed E-state index contributed by atoms with van der Waals surface area (Å²) in [5, 5.41) is 6.69. The zero-order valence-electron chi connectivity index (χ0n) is 16.5. The standard InChI is InChI=1S/C21H28FN5O/c1-3-23-21(25-11-13-28-18-7-4-6-16(2)14-18)26-17-9-12-27(15-17)20-19(22)8-5-10-24-20/h4-8,10,14,17H,3,9,11-13,15H2,1-2H3,(H2,23,25,26). The monoisotopic (exact) mass is 385 g/mol. The molecule has 0 aliphatic carbocycles. The van der Waals surface area contributed by atoms with E-state index >= 15 is 0 Å². The van der Waals surface area contributed by atoms with Crippen LogP contribution in [0.25, 0.3) is 0 Å². The van der Waals surface area contributed by atoms with Crippen molar-refractivity contribution < 1.29 is 9.13 Å². The van der Waals surface area contributed by atoms with E-state index in [9.17, 15) is 4.39 Å². The van der Waals surface area contributed by atoms with Crippen LogP contribution in [0.1, 0.15) is 18.9 Å². The van der Waals surface area contributed by atoms with Crippen molar-refractivity contribution in [2.45, 2.75) is 26.3 Å². The van der Waals surface area contributed by atoms with Crippen LogP contribution in [-0.4, -0.2) is 49.8 Å². The molecule has 0 saturated carbocycles. The second kappa shape index (κ2) is 9.92. The minimum absolute atomic E-state index is 0.192. The van der Waals surface area contributed by atoms with E-state index in [-0.39, 0.29) is 11.9 Å². The molecule has 3 rings (SSSR count). The van der Waals surface area contributed by atoms with E-state index in [2.05, 4.69) is 20.6 Å². The fraction of sp³-hybridized carbons (Fsp3) is 0.429. The Kier molecular flexibility index (Phi) is 7.06. The average Bonchev–Trinajstić information content (AvgIpc) is 3.14. The second-order valence-electron chi connectivity index (χ2n) is 6.81. The number of nitrogens with one attached hydrogen (secondary N) is 2. The van der Waals surface area contributed by atoms with Gasteiger partial charge in [-0.2, -0.15) is 0 Å². The molecule has 6 nitrogen and oxygen atoms in total. The van der Waals surface area contributed by atoms with E-state index in [1.807, 2.05) is 43.0 Å². The lowest BCUT2D eigenvalue weighted by molar-refractivity contribution is 0.328. The van der Waals surface area contributed by atoms with E-state index in [0.717, 1.165) is 31.2 Å². The first-order chi connectivity index (χ1) is 13.7. The summed E-state index contributed by atoms with van der Waals surface area (Å²) in [7, 11) is 0. The number of ether oxygens (including phenoxy) is 1. The third-order valence-electron chi connectivity index (χ3n) is 4.53. The molecule has 0 spiro atoms. The van der Waals surface area contributed by atoms with E-state index < -0.39 is 0 Å². The number of halogens is 1. The molecule has 1 saturated heterocycles. The number of rotatable bonds is 7. The van der Waals surface area contributed by atoms with Gasteiger partial charge < -0.3 is 20.3 Å². The molecule has 1 aromatic heterocycles. The number of aromatic nitrogens is 1. The van der Waals surface area contributed by atoms with Gasteiger partial charge in [-0.05, 0) is 50.1 Å². The van der Waals surface area contributed by atoms with Gasteiger partial charge >= 0.3 is 0 Å². The second-order valence-corrected chi connectivity index (χ2v) is 6.81. The van der Waals surface area contributed by atoms with Crippen LogP contribution in [0.3, 0.4) is 0 Å².